The fourth-order valence-corrected chi connectivity index (χ4v) is 3.09. The Morgan fingerprint density at radius 3 is 2.37 bits per heavy atom. The third-order valence-electron chi connectivity index (χ3n) is 4.56. The molecular formula is C18H26O. The van der Waals surface area contributed by atoms with Gasteiger partial charge in [0, 0.05) is 0 Å². The van der Waals surface area contributed by atoms with Crippen LogP contribution < -0.4 is 0 Å². The predicted molar refractivity (Wildman–Crippen MR) is 81.9 cm³/mol. The zero-order valence-corrected chi connectivity index (χ0v) is 12.2. The van der Waals surface area contributed by atoms with E-state index in [1.807, 2.05) is 6.07 Å². The summed E-state index contributed by atoms with van der Waals surface area (Å²) in [6.45, 7) is 4.33. The highest BCUT2D eigenvalue weighted by atomic mass is 16.3. The summed E-state index contributed by atoms with van der Waals surface area (Å²) in [5.74, 6) is 0.521. The van der Waals surface area contributed by atoms with Crippen LogP contribution in [0.4, 0.5) is 0 Å². The number of hydrogen-bond donors (Lipinski definition) is 1. The van der Waals surface area contributed by atoms with Crippen molar-refractivity contribution >= 4 is 5.57 Å². The maximum Gasteiger partial charge on any atom is 0.0605 e. The van der Waals surface area contributed by atoms with Crippen molar-refractivity contribution in [3.8, 4) is 0 Å². The minimum absolute atomic E-state index is 0.154. The standard InChI is InChI=1S/C18H26O/c1-14(15(2)16-9-5-3-6-10-16)13-18(19)17-11-7-4-8-12-17/h3,5-6,9-10,17-19H,4,7-8,11-13H2,1-2H3/b15-14-/t18-/m0/s1. The van der Waals surface area contributed by atoms with Crippen LogP contribution in [0.2, 0.25) is 0 Å². The van der Waals surface area contributed by atoms with Gasteiger partial charge >= 0.3 is 0 Å². The number of rotatable bonds is 4. The minimum Gasteiger partial charge on any atom is -0.393 e. The van der Waals surface area contributed by atoms with Crippen LogP contribution in [-0.2, 0) is 0 Å². The summed E-state index contributed by atoms with van der Waals surface area (Å²) in [6, 6.07) is 10.5. The van der Waals surface area contributed by atoms with Gasteiger partial charge in [0.1, 0.15) is 0 Å². The lowest BCUT2D eigenvalue weighted by atomic mass is 9.82. The summed E-state index contributed by atoms with van der Waals surface area (Å²) in [4.78, 5) is 0. The first-order valence-electron chi connectivity index (χ1n) is 7.58. The molecule has 0 spiro atoms. The molecular weight excluding hydrogens is 232 g/mol. The quantitative estimate of drug-likeness (QED) is 0.821. The number of hydrogen-bond acceptors (Lipinski definition) is 1. The maximum atomic E-state index is 10.4. The number of aliphatic hydroxyl groups excluding tert-OH is 1. The van der Waals surface area contributed by atoms with Crippen molar-refractivity contribution < 1.29 is 5.11 Å². The third kappa shape index (κ3) is 3.94. The van der Waals surface area contributed by atoms with Gasteiger partial charge < -0.3 is 5.11 Å². The van der Waals surface area contributed by atoms with Gasteiger partial charge in [-0.2, -0.15) is 0 Å². The molecule has 1 heteroatoms. The lowest BCUT2D eigenvalue weighted by Crippen LogP contribution is -2.23. The van der Waals surface area contributed by atoms with Crippen molar-refractivity contribution in [3.05, 3.63) is 41.5 Å². The van der Waals surface area contributed by atoms with Crippen molar-refractivity contribution in [1.29, 1.82) is 0 Å². The summed E-state index contributed by atoms with van der Waals surface area (Å²) in [6.07, 6.45) is 7.02. The van der Waals surface area contributed by atoms with Gasteiger partial charge in [-0.05, 0) is 50.2 Å². The average molecular weight is 258 g/mol. The summed E-state index contributed by atoms with van der Waals surface area (Å²) >= 11 is 0. The first-order valence-corrected chi connectivity index (χ1v) is 7.58. The van der Waals surface area contributed by atoms with Crippen molar-refractivity contribution in [2.75, 3.05) is 0 Å². The third-order valence-corrected chi connectivity index (χ3v) is 4.56. The average Bonchev–Trinajstić information content (AvgIpc) is 2.48. The molecule has 1 aromatic carbocycles. The summed E-state index contributed by atoms with van der Waals surface area (Å²) in [5.41, 5.74) is 3.91. The predicted octanol–water partition coefficient (Wildman–Crippen LogP) is 4.81. The molecule has 1 saturated carbocycles. The monoisotopic (exact) mass is 258 g/mol. The lowest BCUT2D eigenvalue weighted by molar-refractivity contribution is 0.0852. The molecule has 1 nitrogen and oxygen atoms in total. The molecule has 104 valence electrons. The highest BCUT2D eigenvalue weighted by Gasteiger charge is 2.22. The Morgan fingerprint density at radius 2 is 1.74 bits per heavy atom. The normalized spacial score (nSPS) is 19.9. The lowest BCUT2D eigenvalue weighted by Gasteiger charge is -2.27. The van der Waals surface area contributed by atoms with E-state index < -0.39 is 0 Å². The Labute approximate surface area is 117 Å². The first-order chi connectivity index (χ1) is 9.18. The molecule has 0 amide bonds. The van der Waals surface area contributed by atoms with Gasteiger partial charge in [0.05, 0.1) is 6.10 Å². The second-order valence-corrected chi connectivity index (χ2v) is 5.94. The van der Waals surface area contributed by atoms with Gasteiger partial charge in [0.15, 0.2) is 0 Å². The Bertz CT molecular complexity index is 413. The van der Waals surface area contributed by atoms with E-state index in [1.54, 1.807) is 0 Å². The fourth-order valence-electron chi connectivity index (χ4n) is 3.09. The molecule has 0 heterocycles. The maximum absolute atomic E-state index is 10.4. The van der Waals surface area contributed by atoms with Crippen LogP contribution >= 0.6 is 0 Å². The van der Waals surface area contributed by atoms with Crippen molar-refractivity contribution in [1.82, 2.24) is 0 Å². The minimum atomic E-state index is -0.154. The molecule has 0 saturated heterocycles. The second-order valence-electron chi connectivity index (χ2n) is 5.94. The molecule has 0 aliphatic heterocycles. The van der Waals surface area contributed by atoms with Gasteiger partial charge in [-0.1, -0.05) is 55.2 Å². The van der Waals surface area contributed by atoms with Crippen molar-refractivity contribution in [3.63, 3.8) is 0 Å². The summed E-state index contributed by atoms with van der Waals surface area (Å²) < 4.78 is 0. The summed E-state index contributed by atoms with van der Waals surface area (Å²) in [5, 5.41) is 10.4. The largest absolute Gasteiger partial charge is 0.393 e. The first kappa shape index (κ1) is 14.3. The molecule has 1 fully saturated rings. The van der Waals surface area contributed by atoms with E-state index in [9.17, 15) is 5.11 Å². The fraction of sp³-hybridized carbons (Fsp3) is 0.556. The summed E-state index contributed by atoms with van der Waals surface area (Å²) in [7, 11) is 0. The molecule has 0 unspecified atom stereocenters. The molecule has 0 radical (unpaired) electrons. The Balaban J connectivity index is 2.01. The van der Waals surface area contributed by atoms with E-state index >= 15 is 0 Å². The van der Waals surface area contributed by atoms with Crippen LogP contribution in [0.5, 0.6) is 0 Å². The van der Waals surface area contributed by atoms with E-state index in [0.717, 1.165) is 6.42 Å². The van der Waals surface area contributed by atoms with Crippen LogP contribution in [0.3, 0.4) is 0 Å². The molecule has 1 aliphatic carbocycles. The Hall–Kier alpha value is -1.08. The molecule has 1 aromatic rings. The van der Waals surface area contributed by atoms with E-state index in [2.05, 4.69) is 38.1 Å². The zero-order chi connectivity index (χ0) is 13.7. The van der Waals surface area contributed by atoms with Crippen LogP contribution in [-0.4, -0.2) is 11.2 Å². The number of benzene rings is 1. The van der Waals surface area contributed by atoms with Gasteiger partial charge in [-0.15, -0.1) is 0 Å². The van der Waals surface area contributed by atoms with Gasteiger partial charge in [0.2, 0.25) is 0 Å². The zero-order valence-electron chi connectivity index (χ0n) is 12.2. The van der Waals surface area contributed by atoms with Crippen LogP contribution in [0.25, 0.3) is 5.57 Å². The second kappa shape index (κ2) is 6.91. The Morgan fingerprint density at radius 1 is 1.11 bits per heavy atom. The van der Waals surface area contributed by atoms with E-state index in [0.29, 0.717) is 5.92 Å². The number of aliphatic hydroxyl groups is 1. The molecule has 0 bridgehead atoms. The SMILES string of the molecule is C/C(C[C@H](O)C1CCCCC1)=C(\C)c1ccccc1. The Kier molecular flexibility index (Phi) is 5.21. The van der Waals surface area contributed by atoms with Gasteiger partial charge in [-0.25, -0.2) is 0 Å². The topological polar surface area (TPSA) is 20.2 Å². The molecule has 2 rings (SSSR count). The van der Waals surface area contributed by atoms with Crippen molar-refractivity contribution in [2.45, 2.75) is 58.5 Å². The molecule has 19 heavy (non-hydrogen) atoms. The molecule has 1 atom stereocenters. The smallest absolute Gasteiger partial charge is 0.0605 e. The van der Waals surface area contributed by atoms with Crippen LogP contribution in [0.15, 0.2) is 35.9 Å². The van der Waals surface area contributed by atoms with Crippen LogP contribution in [0.1, 0.15) is 57.9 Å². The van der Waals surface area contributed by atoms with Gasteiger partial charge in [0.25, 0.3) is 0 Å². The number of allylic oxidation sites excluding steroid dienone is 1. The molecule has 1 aliphatic rings. The molecule has 1 N–H and O–H groups in total. The van der Waals surface area contributed by atoms with E-state index in [4.69, 9.17) is 0 Å². The van der Waals surface area contributed by atoms with Crippen molar-refractivity contribution in [2.24, 2.45) is 5.92 Å². The van der Waals surface area contributed by atoms with Gasteiger partial charge in [-0.3, -0.25) is 0 Å². The molecule has 0 aromatic heterocycles. The van der Waals surface area contributed by atoms with E-state index in [-0.39, 0.29) is 6.10 Å². The van der Waals surface area contributed by atoms with E-state index in [1.165, 1.54) is 48.8 Å². The highest BCUT2D eigenvalue weighted by Crippen LogP contribution is 2.30. The highest BCUT2D eigenvalue weighted by molar-refractivity contribution is 5.66. The van der Waals surface area contributed by atoms with Crippen LogP contribution in [0, 0.1) is 5.92 Å².